The van der Waals surface area contributed by atoms with Crippen LogP contribution < -0.4 is 16.0 Å². The first kappa shape index (κ1) is 21.0. The summed E-state index contributed by atoms with van der Waals surface area (Å²) in [5.41, 5.74) is 0.704. The first-order chi connectivity index (χ1) is 14.3. The quantitative estimate of drug-likeness (QED) is 0.506. The average Bonchev–Trinajstić information content (AvgIpc) is 2.71. The van der Waals surface area contributed by atoms with Crippen molar-refractivity contribution in [2.24, 2.45) is 0 Å². The minimum atomic E-state index is -4.53. The Labute approximate surface area is 168 Å². The number of hydrogen-bond donors (Lipinski definition) is 3. The fourth-order valence-corrected chi connectivity index (χ4v) is 2.39. The van der Waals surface area contributed by atoms with E-state index in [4.69, 9.17) is 0 Å². The van der Waals surface area contributed by atoms with Crippen LogP contribution in [0, 0.1) is 5.82 Å². The van der Waals surface area contributed by atoms with Crippen LogP contribution in [0.15, 0.2) is 55.0 Å². The van der Waals surface area contributed by atoms with Gasteiger partial charge in [-0.15, -0.1) is 0 Å². The van der Waals surface area contributed by atoms with E-state index in [1.165, 1.54) is 42.9 Å². The van der Waals surface area contributed by atoms with Gasteiger partial charge in [0.2, 0.25) is 0 Å². The SMILES string of the molecule is O=C(NCC(F)(F)F)c1cc(NCc2ccc(F)cc2)nc(Nc2cnccn2)c1. The maximum atomic E-state index is 13.0. The van der Waals surface area contributed by atoms with E-state index in [0.717, 1.165) is 5.56 Å². The maximum Gasteiger partial charge on any atom is 0.405 e. The normalized spacial score (nSPS) is 11.1. The third-order valence-electron chi connectivity index (χ3n) is 3.74. The van der Waals surface area contributed by atoms with Gasteiger partial charge in [-0.3, -0.25) is 9.78 Å². The third kappa shape index (κ3) is 6.40. The Bertz CT molecular complexity index is 996. The molecule has 3 N–H and O–H groups in total. The number of alkyl halides is 3. The Morgan fingerprint density at radius 3 is 2.40 bits per heavy atom. The Hall–Kier alpha value is -3.76. The van der Waals surface area contributed by atoms with Gasteiger partial charge in [-0.2, -0.15) is 13.2 Å². The number of aromatic nitrogens is 3. The van der Waals surface area contributed by atoms with Crippen molar-refractivity contribution >= 4 is 23.4 Å². The first-order valence-electron chi connectivity index (χ1n) is 8.67. The summed E-state index contributed by atoms with van der Waals surface area (Å²) < 4.78 is 50.3. The summed E-state index contributed by atoms with van der Waals surface area (Å²) in [7, 11) is 0. The van der Waals surface area contributed by atoms with E-state index in [2.05, 4.69) is 25.6 Å². The minimum absolute atomic E-state index is 0.0396. The van der Waals surface area contributed by atoms with Crippen LogP contribution in [0.1, 0.15) is 15.9 Å². The van der Waals surface area contributed by atoms with E-state index in [9.17, 15) is 22.4 Å². The predicted octanol–water partition coefficient (Wildman–Crippen LogP) is 3.66. The van der Waals surface area contributed by atoms with Crippen molar-refractivity contribution in [2.45, 2.75) is 12.7 Å². The summed E-state index contributed by atoms with van der Waals surface area (Å²) in [6.45, 7) is -1.20. The van der Waals surface area contributed by atoms with Gasteiger partial charge >= 0.3 is 6.18 Å². The van der Waals surface area contributed by atoms with Crippen molar-refractivity contribution in [3.63, 3.8) is 0 Å². The van der Waals surface area contributed by atoms with Gasteiger partial charge in [0, 0.05) is 24.5 Å². The van der Waals surface area contributed by atoms with Gasteiger partial charge < -0.3 is 16.0 Å². The molecule has 0 aliphatic heterocycles. The van der Waals surface area contributed by atoms with E-state index in [1.807, 2.05) is 5.32 Å². The van der Waals surface area contributed by atoms with Gasteiger partial charge in [0.25, 0.3) is 5.91 Å². The molecule has 0 radical (unpaired) electrons. The number of anilines is 3. The number of carbonyl (C=O) groups is 1. The molecule has 0 spiro atoms. The number of nitrogens with zero attached hydrogens (tertiary/aromatic N) is 3. The lowest BCUT2D eigenvalue weighted by Gasteiger charge is -2.13. The van der Waals surface area contributed by atoms with Crippen molar-refractivity contribution in [1.29, 1.82) is 0 Å². The monoisotopic (exact) mass is 420 g/mol. The third-order valence-corrected chi connectivity index (χ3v) is 3.74. The molecule has 0 saturated carbocycles. The van der Waals surface area contributed by atoms with Crippen molar-refractivity contribution in [3.8, 4) is 0 Å². The van der Waals surface area contributed by atoms with Crippen molar-refractivity contribution in [1.82, 2.24) is 20.3 Å². The lowest BCUT2D eigenvalue weighted by Crippen LogP contribution is -2.33. The fourth-order valence-electron chi connectivity index (χ4n) is 2.39. The van der Waals surface area contributed by atoms with Gasteiger partial charge in [0.15, 0.2) is 0 Å². The molecule has 0 aliphatic rings. The Balaban J connectivity index is 1.81. The van der Waals surface area contributed by atoms with Gasteiger partial charge in [-0.05, 0) is 29.8 Å². The molecule has 3 aromatic rings. The van der Waals surface area contributed by atoms with Crippen LogP contribution in [-0.2, 0) is 6.54 Å². The molecular formula is C19H16F4N6O. The van der Waals surface area contributed by atoms with Crippen LogP contribution in [0.2, 0.25) is 0 Å². The number of hydrogen-bond acceptors (Lipinski definition) is 6. The molecule has 0 fully saturated rings. The molecule has 0 aliphatic carbocycles. The first-order valence-corrected chi connectivity index (χ1v) is 8.67. The smallest absolute Gasteiger partial charge is 0.366 e. The van der Waals surface area contributed by atoms with Crippen molar-refractivity contribution < 1.29 is 22.4 Å². The van der Waals surface area contributed by atoms with E-state index in [0.29, 0.717) is 5.82 Å². The van der Waals surface area contributed by atoms with Crippen LogP contribution in [0.3, 0.4) is 0 Å². The van der Waals surface area contributed by atoms with E-state index in [-0.39, 0.29) is 29.6 Å². The molecular weight excluding hydrogens is 404 g/mol. The van der Waals surface area contributed by atoms with Gasteiger partial charge in [0.05, 0.1) is 6.20 Å². The molecule has 0 atom stereocenters. The van der Waals surface area contributed by atoms with Crippen molar-refractivity contribution in [2.75, 3.05) is 17.2 Å². The molecule has 0 unspecified atom stereocenters. The zero-order valence-electron chi connectivity index (χ0n) is 15.4. The van der Waals surface area contributed by atoms with Gasteiger partial charge in [0.1, 0.15) is 29.8 Å². The molecule has 1 amide bonds. The number of amides is 1. The van der Waals surface area contributed by atoms with E-state index >= 15 is 0 Å². The average molecular weight is 420 g/mol. The Morgan fingerprint density at radius 1 is 1.00 bits per heavy atom. The largest absolute Gasteiger partial charge is 0.405 e. The van der Waals surface area contributed by atoms with Crippen molar-refractivity contribution in [3.05, 3.63) is 71.9 Å². The summed E-state index contributed by atoms with van der Waals surface area (Å²) in [6.07, 6.45) is -0.206. The number of pyridine rings is 1. The molecule has 7 nitrogen and oxygen atoms in total. The second-order valence-corrected chi connectivity index (χ2v) is 6.12. The summed E-state index contributed by atoms with van der Waals surface area (Å²) in [4.78, 5) is 24.4. The lowest BCUT2D eigenvalue weighted by atomic mass is 10.2. The number of carbonyl (C=O) groups excluding carboxylic acids is 1. The number of nitrogens with one attached hydrogen (secondary N) is 3. The highest BCUT2D eigenvalue weighted by atomic mass is 19.4. The zero-order valence-corrected chi connectivity index (χ0v) is 15.4. The molecule has 11 heteroatoms. The molecule has 3 rings (SSSR count). The van der Waals surface area contributed by atoms with Crippen LogP contribution in [0.25, 0.3) is 0 Å². The number of halogens is 4. The molecule has 2 heterocycles. The lowest BCUT2D eigenvalue weighted by molar-refractivity contribution is -0.123. The second-order valence-electron chi connectivity index (χ2n) is 6.12. The van der Waals surface area contributed by atoms with Gasteiger partial charge in [-0.25, -0.2) is 14.4 Å². The predicted molar refractivity (Wildman–Crippen MR) is 102 cm³/mol. The highest BCUT2D eigenvalue weighted by Crippen LogP contribution is 2.19. The summed E-state index contributed by atoms with van der Waals surface area (Å²) in [6, 6.07) is 8.35. The molecule has 156 valence electrons. The Kier molecular flexibility index (Phi) is 6.40. The standard InChI is InChI=1S/C19H16F4N6O/c20-14-3-1-12(2-4-14)9-26-15-7-13(18(30)27-11-19(21,22)23)8-16(28-15)29-17-10-24-5-6-25-17/h1-8,10H,9,11H2,(H,27,30)(H2,25,26,28,29). The Morgan fingerprint density at radius 2 is 1.73 bits per heavy atom. The van der Waals surface area contributed by atoms with E-state index < -0.39 is 18.6 Å². The van der Waals surface area contributed by atoms with Crippen LogP contribution >= 0.6 is 0 Å². The highest BCUT2D eigenvalue weighted by molar-refractivity contribution is 5.95. The number of benzene rings is 1. The molecule has 30 heavy (non-hydrogen) atoms. The molecule has 0 saturated heterocycles. The van der Waals surface area contributed by atoms with Crippen LogP contribution in [-0.4, -0.2) is 33.6 Å². The molecule has 0 bridgehead atoms. The number of rotatable bonds is 7. The maximum absolute atomic E-state index is 13.0. The summed E-state index contributed by atoms with van der Waals surface area (Å²) >= 11 is 0. The van der Waals surface area contributed by atoms with Gasteiger partial charge in [-0.1, -0.05) is 12.1 Å². The zero-order chi connectivity index (χ0) is 21.6. The second kappa shape index (κ2) is 9.16. The molecule has 2 aromatic heterocycles. The highest BCUT2D eigenvalue weighted by Gasteiger charge is 2.28. The van der Waals surface area contributed by atoms with E-state index in [1.54, 1.807) is 12.1 Å². The summed E-state index contributed by atoms with van der Waals surface area (Å²) in [5, 5.41) is 7.62. The van der Waals surface area contributed by atoms with Crippen LogP contribution in [0.5, 0.6) is 0 Å². The topological polar surface area (TPSA) is 91.8 Å². The fraction of sp³-hybridized carbons (Fsp3) is 0.158. The van der Waals surface area contributed by atoms with Crippen LogP contribution in [0.4, 0.5) is 35.0 Å². The summed E-state index contributed by atoms with van der Waals surface area (Å²) in [5.74, 6) is -0.554. The molecule has 1 aromatic carbocycles. The minimum Gasteiger partial charge on any atom is -0.366 e.